The molecule has 1 N–H and O–H groups in total. The zero-order valence-corrected chi connectivity index (χ0v) is 19.3. The summed E-state index contributed by atoms with van der Waals surface area (Å²) in [5.74, 6) is -1.05. The Morgan fingerprint density at radius 1 is 0.971 bits per heavy atom. The number of carbonyl (C=O) groups is 2. The van der Waals surface area contributed by atoms with Crippen LogP contribution in [0, 0.1) is 10.1 Å². The molecular formula is C25H15Cl2N3O5. The molecule has 0 aliphatic heterocycles. The van der Waals surface area contributed by atoms with E-state index < -0.39 is 16.8 Å². The van der Waals surface area contributed by atoms with Gasteiger partial charge in [0.2, 0.25) is 0 Å². The van der Waals surface area contributed by atoms with Crippen LogP contribution >= 0.6 is 23.2 Å². The van der Waals surface area contributed by atoms with Gasteiger partial charge in [-0.2, -0.15) is 5.10 Å². The third-order valence-corrected chi connectivity index (χ3v) is 5.53. The molecule has 0 heterocycles. The number of carbonyl (C=O) groups excluding carboxylic acids is 2. The van der Waals surface area contributed by atoms with Crippen LogP contribution in [0.3, 0.4) is 0 Å². The maximum absolute atomic E-state index is 12.8. The van der Waals surface area contributed by atoms with Crippen molar-refractivity contribution in [2.24, 2.45) is 5.10 Å². The summed E-state index contributed by atoms with van der Waals surface area (Å²) in [4.78, 5) is 35.4. The Bertz CT molecular complexity index is 1490. The molecule has 0 aromatic heterocycles. The monoisotopic (exact) mass is 507 g/mol. The summed E-state index contributed by atoms with van der Waals surface area (Å²) in [6.45, 7) is 0. The highest BCUT2D eigenvalue weighted by atomic mass is 35.5. The third-order valence-electron chi connectivity index (χ3n) is 4.98. The van der Waals surface area contributed by atoms with Crippen LogP contribution in [-0.2, 0) is 0 Å². The average molecular weight is 508 g/mol. The van der Waals surface area contributed by atoms with E-state index in [0.717, 1.165) is 10.8 Å². The van der Waals surface area contributed by atoms with Crippen LogP contribution in [0.15, 0.2) is 84.0 Å². The second kappa shape index (κ2) is 10.3. The number of nitro groups is 1. The van der Waals surface area contributed by atoms with Crippen molar-refractivity contribution in [2.45, 2.75) is 0 Å². The molecule has 0 atom stereocenters. The Hall–Kier alpha value is -4.27. The molecule has 8 nitrogen and oxygen atoms in total. The van der Waals surface area contributed by atoms with Gasteiger partial charge < -0.3 is 4.74 Å². The summed E-state index contributed by atoms with van der Waals surface area (Å²) in [6.07, 6.45) is 1.36. The number of fused-ring (bicyclic) bond motifs is 1. The van der Waals surface area contributed by atoms with Gasteiger partial charge in [0.25, 0.3) is 11.6 Å². The van der Waals surface area contributed by atoms with Crippen LogP contribution in [0.25, 0.3) is 10.8 Å². The van der Waals surface area contributed by atoms with E-state index in [1.54, 1.807) is 12.1 Å². The largest absolute Gasteiger partial charge is 0.422 e. The number of hydrazone groups is 1. The second-order valence-electron chi connectivity index (χ2n) is 7.22. The number of nitrogens with zero attached hydrogens (tertiary/aromatic N) is 2. The number of nitro benzene ring substituents is 1. The van der Waals surface area contributed by atoms with Crippen LogP contribution in [0.4, 0.5) is 5.69 Å². The molecule has 0 bridgehead atoms. The molecule has 0 saturated carbocycles. The van der Waals surface area contributed by atoms with Crippen molar-refractivity contribution in [1.29, 1.82) is 0 Å². The number of esters is 1. The van der Waals surface area contributed by atoms with Gasteiger partial charge in [0.05, 0.1) is 21.7 Å². The van der Waals surface area contributed by atoms with E-state index >= 15 is 0 Å². The molecule has 174 valence electrons. The van der Waals surface area contributed by atoms with Gasteiger partial charge in [-0.25, -0.2) is 10.2 Å². The van der Waals surface area contributed by atoms with Crippen molar-refractivity contribution < 1.29 is 19.2 Å². The van der Waals surface area contributed by atoms with E-state index in [0.29, 0.717) is 10.6 Å². The Labute approximate surface area is 208 Å². The number of halogens is 2. The molecule has 4 rings (SSSR count). The first-order valence-corrected chi connectivity index (χ1v) is 10.9. The van der Waals surface area contributed by atoms with Gasteiger partial charge >= 0.3 is 5.97 Å². The van der Waals surface area contributed by atoms with Crippen LogP contribution in [0.5, 0.6) is 5.75 Å². The summed E-state index contributed by atoms with van der Waals surface area (Å²) in [5.41, 5.74) is 3.02. The molecule has 0 aliphatic rings. The van der Waals surface area contributed by atoms with Crippen molar-refractivity contribution in [3.05, 3.63) is 116 Å². The van der Waals surface area contributed by atoms with Crippen molar-refractivity contribution in [3.63, 3.8) is 0 Å². The quantitative estimate of drug-likeness (QED) is 0.112. The van der Waals surface area contributed by atoms with Crippen molar-refractivity contribution in [2.75, 3.05) is 0 Å². The Morgan fingerprint density at radius 3 is 2.43 bits per heavy atom. The van der Waals surface area contributed by atoms with Crippen molar-refractivity contribution >= 4 is 57.8 Å². The van der Waals surface area contributed by atoms with E-state index in [2.05, 4.69) is 10.5 Å². The molecular weight excluding hydrogens is 493 g/mol. The van der Waals surface area contributed by atoms with Gasteiger partial charge in [-0.1, -0.05) is 53.5 Å². The third kappa shape index (κ3) is 5.46. The fraction of sp³-hybridized carbons (Fsp3) is 0. The molecule has 10 heteroatoms. The first-order chi connectivity index (χ1) is 16.8. The lowest BCUT2D eigenvalue weighted by Crippen LogP contribution is -2.17. The Morgan fingerprint density at radius 2 is 1.71 bits per heavy atom. The second-order valence-corrected chi connectivity index (χ2v) is 8.06. The maximum atomic E-state index is 12.8. The fourth-order valence-electron chi connectivity index (χ4n) is 3.26. The molecule has 0 saturated heterocycles. The normalized spacial score (nSPS) is 10.9. The summed E-state index contributed by atoms with van der Waals surface area (Å²) in [6, 6.07) is 20.3. The predicted octanol–water partition coefficient (Wildman–Crippen LogP) is 6.04. The van der Waals surface area contributed by atoms with E-state index in [-0.39, 0.29) is 27.6 Å². The van der Waals surface area contributed by atoms with E-state index in [1.807, 2.05) is 24.3 Å². The van der Waals surface area contributed by atoms with Gasteiger partial charge in [-0.15, -0.1) is 0 Å². The van der Waals surface area contributed by atoms with Gasteiger partial charge in [0, 0.05) is 28.3 Å². The number of hydrogen-bond donors (Lipinski definition) is 1. The molecule has 0 spiro atoms. The summed E-state index contributed by atoms with van der Waals surface area (Å²) in [5, 5.41) is 16.9. The average Bonchev–Trinajstić information content (AvgIpc) is 2.85. The molecule has 35 heavy (non-hydrogen) atoms. The van der Waals surface area contributed by atoms with E-state index in [1.165, 1.54) is 48.7 Å². The Kier molecular flexibility index (Phi) is 7.05. The number of non-ortho nitro benzene ring substituents is 1. The SMILES string of the molecule is O=C(NN=Cc1c(OC(=O)c2ccc(Cl)cc2Cl)ccc2ccccc12)c1ccc([N+](=O)[O-])cc1. The first kappa shape index (κ1) is 23.9. The molecule has 4 aromatic carbocycles. The topological polar surface area (TPSA) is 111 Å². The van der Waals surface area contributed by atoms with E-state index in [4.69, 9.17) is 27.9 Å². The number of amides is 1. The molecule has 4 aromatic rings. The molecule has 0 aliphatic carbocycles. The van der Waals surface area contributed by atoms with Gasteiger partial charge in [0.15, 0.2) is 0 Å². The minimum Gasteiger partial charge on any atom is -0.422 e. The lowest BCUT2D eigenvalue weighted by Gasteiger charge is -2.11. The maximum Gasteiger partial charge on any atom is 0.345 e. The Balaban J connectivity index is 1.61. The van der Waals surface area contributed by atoms with Crippen LogP contribution in [-0.4, -0.2) is 23.0 Å². The molecule has 0 unspecified atom stereocenters. The van der Waals surface area contributed by atoms with Crippen molar-refractivity contribution in [3.8, 4) is 5.75 Å². The lowest BCUT2D eigenvalue weighted by molar-refractivity contribution is -0.384. The molecule has 1 amide bonds. The number of rotatable bonds is 6. The zero-order chi connectivity index (χ0) is 24.9. The standard InChI is InChI=1S/C25H15Cl2N3O5/c26-17-8-11-20(22(27)13-17)25(32)35-23-12-7-15-3-1-2-4-19(15)21(23)14-28-29-24(31)16-5-9-18(10-6-16)30(33)34/h1-14H,(H,29,31). The number of nitrogens with one attached hydrogen (secondary N) is 1. The fourth-order valence-corrected chi connectivity index (χ4v) is 3.75. The highest BCUT2D eigenvalue weighted by Crippen LogP contribution is 2.29. The molecule has 0 fully saturated rings. The number of benzene rings is 4. The zero-order valence-electron chi connectivity index (χ0n) is 17.8. The summed E-state index contributed by atoms with van der Waals surface area (Å²) in [7, 11) is 0. The molecule has 0 radical (unpaired) electrons. The van der Waals surface area contributed by atoms with Gasteiger partial charge in [-0.05, 0) is 47.2 Å². The van der Waals surface area contributed by atoms with Gasteiger partial charge in [-0.3, -0.25) is 14.9 Å². The minimum atomic E-state index is -0.688. The highest BCUT2D eigenvalue weighted by Gasteiger charge is 2.16. The van der Waals surface area contributed by atoms with Crippen LogP contribution in [0.1, 0.15) is 26.3 Å². The van der Waals surface area contributed by atoms with E-state index in [9.17, 15) is 19.7 Å². The highest BCUT2D eigenvalue weighted by molar-refractivity contribution is 6.36. The van der Waals surface area contributed by atoms with Crippen molar-refractivity contribution in [1.82, 2.24) is 5.43 Å². The summed E-state index contributed by atoms with van der Waals surface area (Å²) >= 11 is 12.0. The lowest BCUT2D eigenvalue weighted by atomic mass is 10.0. The smallest absolute Gasteiger partial charge is 0.345 e. The summed E-state index contributed by atoms with van der Waals surface area (Å²) < 4.78 is 5.60. The minimum absolute atomic E-state index is 0.131. The van der Waals surface area contributed by atoms with Gasteiger partial charge in [0.1, 0.15) is 5.75 Å². The number of hydrogen-bond acceptors (Lipinski definition) is 6. The number of ether oxygens (including phenoxy) is 1. The van der Waals surface area contributed by atoms with Crippen LogP contribution < -0.4 is 10.2 Å². The van der Waals surface area contributed by atoms with Crippen LogP contribution in [0.2, 0.25) is 10.0 Å². The first-order valence-electron chi connectivity index (χ1n) is 10.1. The predicted molar refractivity (Wildman–Crippen MR) is 134 cm³/mol.